The van der Waals surface area contributed by atoms with E-state index in [2.05, 4.69) is 22.3 Å². The second-order valence-electron chi connectivity index (χ2n) is 5.44. The van der Waals surface area contributed by atoms with Crippen LogP contribution in [0.15, 0.2) is 54.6 Å². The Kier molecular flexibility index (Phi) is 7.30. The molecule has 4 heteroatoms. The summed E-state index contributed by atoms with van der Waals surface area (Å²) in [6.45, 7) is 3.53. The molecule has 0 radical (unpaired) electrons. The summed E-state index contributed by atoms with van der Waals surface area (Å²) < 4.78 is 0. The summed E-state index contributed by atoms with van der Waals surface area (Å²) in [5, 5.41) is 12.5. The Morgan fingerprint density at radius 2 is 1.74 bits per heavy atom. The van der Waals surface area contributed by atoms with E-state index in [0.29, 0.717) is 5.56 Å². The topological polar surface area (TPSA) is 52.6 Å². The molecule has 0 saturated carbocycles. The number of aliphatic hydroxyl groups excluding tert-OH is 1. The summed E-state index contributed by atoms with van der Waals surface area (Å²) in [5.74, 6) is 0. The summed E-state index contributed by atoms with van der Waals surface area (Å²) in [6.07, 6.45) is 1.58. The molecule has 0 saturated heterocycles. The Hall–Kier alpha value is -2.17. The van der Waals surface area contributed by atoms with Crippen molar-refractivity contribution in [1.82, 2.24) is 5.32 Å². The number of carbonyl (C=O) groups excluding carboxylic acids is 1. The van der Waals surface area contributed by atoms with Gasteiger partial charge in [-0.3, -0.25) is 4.79 Å². The lowest BCUT2D eigenvalue weighted by molar-refractivity contribution is 0.112. The van der Waals surface area contributed by atoms with E-state index in [1.807, 2.05) is 42.5 Å². The molecule has 0 amide bonds. The summed E-state index contributed by atoms with van der Waals surface area (Å²) in [5.41, 5.74) is 3.02. The Bertz CT molecular complexity index is 570. The molecule has 0 bridgehead atoms. The van der Waals surface area contributed by atoms with Crippen LogP contribution in [0.2, 0.25) is 0 Å². The Balaban J connectivity index is 1.86. The van der Waals surface area contributed by atoms with Crippen LogP contribution < -0.4 is 10.2 Å². The maximum absolute atomic E-state index is 10.7. The van der Waals surface area contributed by atoms with Crippen molar-refractivity contribution in [1.29, 1.82) is 0 Å². The molecule has 23 heavy (non-hydrogen) atoms. The normalized spacial score (nSPS) is 10.5. The van der Waals surface area contributed by atoms with Crippen LogP contribution in [-0.4, -0.2) is 37.6 Å². The molecular formula is C19H24N2O2. The number of carbonyl (C=O) groups is 1. The molecule has 0 unspecified atom stereocenters. The van der Waals surface area contributed by atoms with Gasteiger partial charge >= 0.3 is 0 Å². The van der Waals surface area contributed by atoms with Gasteiger partial charge in [0, 0.05) is 44.0 Å². The minimum Gasteiger partial charge on any atom is -0.396 e. The van der Waals surface area contributed by atoms with E-state index in [4.69, 9.17) is 5.11 Å². The third-order valence-electron chi connectivity index (χ3n) is 3.71. The average molecular weight is 312 g/mol. The van der Waals surface area contributed by atoms with Gasteiger partial charge in [-0.05, 0) is 36.2 Å². The molecular weight excluding hydrogens is 288 g/mol. The molecule has 0 aliphatic heterocycles. The van der Waals surface area contributed by atoms with Gasteiger partial charge in [0.05, 0.1) is 0 Å². The number of aliphatic hydroxyl groups is 1. The lowest BCUT2D eigenvalue weighted by atomic mass is 10.2. The third-order valence-corrected chi connectivity index (χ3v) is 3.71. The lowest BCUT2D eigenvalue weighted by Crippen LogP contribution is -2.33. The molecule has 0 fully saturated rings. The molecule has 2 aromatic carbocycles. The van der Waals surface area contributed by atoms with Gasteiger partial charge in [0.15, 0.2) is 0 Å². The quantitative estimate of drug-likeness (QED) is 0.523. The van der Waals surface area contributed by atoms with E-state index in [1.165, 1.54) is 5.56 Å². The highest BCUT2D eigenvalue weighted by molar-refractivity contribution is 5.75. The predicted molar refractivity (Wildman–Crippen MR) is 93.9 cm³/mol. The number of hydrogen-bond donors (Lipinski definition) is 2. The van der Waals surface area contributed by atoms with Crippen LogP contribution in [0.3, 0.4) is 0 Å². The van der Waals surface area contributed by atoms with Gasteiger partial charge in [-0.1, -0.05) is 30.3 Å². The number of benzene rings is 2. The second kappa shape index (κ2) is 9.77. The van der Waals surface area contributed by atoms with Crippen molar-refractivity contribution < 1.29 is 9.90 Å². The van der Waals surface area contributed by atoms with Crippen molar-refractivity contribution in [3.05, 3.63) is 65.7 Å². The SMILES string of the molecule is O=Cc1ccc(N(CCCO)CCNCc2ccccc2)cc1. The number of hydrogen-bond acceptors (Lipinski definition) is 4. The monoisotopic (exact) mass is 312 g/mol. The minimum atomic E-state index is 0.181. The molecule has 0 heterocycles. The van der Waals surface area contributed by atoms with Crippen molar-refractivity contribution in [2.24, 2.45) is 0 Å². The number of aldehydes is 1. The van der Waals surface area contributed by atoms with E-state index in [0.717, 1.165) is 44.6 Å². The van der Waals surface area contributed by atoms with Crippen molar-refractivity contribution in [3.8, 4) is 0 Å². The highest BCUT2D eigenvalue weighted by Gasteiger charge is 2.06. The van der Waals surface area contributed by atoms with Gasteiger partial charge in [0.1, 0.15) is 6.29 Å². The van der Waals surface area contributed by atoms with Crippen LogP contribution in [0.5, 0.6) is 0 Å². The highest BCUT2D eigenvalue weighted by atomic mass is 16.3. The molecule has 0 spiro atoms. The van der Waals surface area contributed by atoms with Gasteiger partial charge in [0.2, 0.25) is 0 Å². The van der Waals surface area contributed by atoms with Gasteiger partial charge in [-0.25, -0.2) is 0 Å². The van der Waals surface area contributed by atoms with E-state index in [1.54, 1.807) is 0 Å². The minimum absolute atomic E-state index is 0.181. The van der Waals surface area contributed by atoms with Crippen LogP contribution in [0.4, 0.5) is 5.69 Å². The molecule has 2 aromatic rings. The zero-order valence-corrected chi connectivity index (χ0v) is 13.3. The summed E-state index contributed by atoms with van der Waals surface area (Å²) in [7, 11) is 0. The molecule has 2 N–H and O–H groups in total. The fraction of sp³-hybridized carbons (Fsp3) is 0.316. The zero-order valence-electron chi connectivity index (χ0n) is 13.3. The molecule has 0 atom stereocenters. The molecule has 0 aliphatic rings. The fourth-order valence-electron chi connectivity index (χ4n) is 2.44. The van der Waals surface area contributed by atoms with E-state index in [-0.39, 0.29) is 6.61 Å². The van der Waals surface area contributed by atoms with Gasteiger partial charge in [-0.2, -0.15) is 0 Å². The summed E-state index contributed by atoms with van der Waals surface area (Å²) in [6, 6.07) is 17.9. The van der Waals surface area contributed by atoms with Crippen molar-refractivity contribution in [2.45, 2.75) is 13.0 Å². The summed E-state index contributed by atoms with van der Waals surface area (Å²) >= 11 is 0. The number of rotatable bonds is 10. The van der Waals surface area contributed by atoms with Crippen molar-refractivity contribution in [2.75, 3.05) is 31.1 Å². The number of nitrogens with zero attached hydrogens (tertiary/aromatic N) is 1. The second-order valence-corrected chi connectivity index (χ2v) is 5.44. The smallest absolute Gasteiger partial charge is 0.150 e. The largest absolute Gasteiger partial charge is 0.396 e. The first-order valence-electron chi connectivity index (χ1n) is 7.99. The van der Waals surface area contributed by atoms with Crippen molar-refractivity contribution >= 4 is 12.0 Å². The predicted octanol–water partition coefficient (Wildman–Crippen LogP) is 2.48. The Morgan fingerprint density at radius 3 is 2.39 bits per heavy atom. The number of anilines is 1. The zero-order chi connectivity index (χ0) is 16.3. The first-order valence-corrected chi connectivity index (χ1v) is 7.99. The van der Waals surface area contributed by atoms with Gasteiger partial charge in [-0.15, -0.1) is 0 Å². The van der Waals surface area contributed by atoms with Crippen LogP contribution in [-0.2, 0) is 6.54 Å². The molecule has 0 aliphatic carbocycles. The fourth-order valence-corrected chi connectivity index (χ4v) is 2.44. The standard InChI is InChI=1S/C19H24N2O2/c22-14-4-12-21(19-9-7-18(16-23)8-10-19)13-11-20-15-17-5-2-1-3-6-17/h1-3,5-10,16,20,22H,4,11-15H2. The maximum Gasteiger partial charge on any atom is 0.150 e. The van der Waals surface area contributed by atoms with Crippen molar-refractivity contribution in [3.63, 3.8) is 0 Å². The van der Waals surface area contributed by atoms with Gasteiger partial charge in [0.25, 0.3) is 0 Å². The van der Waals surface area contributed by atoms with Crippen LogP contribution in [0, 0.1) is 0 Å². The third kappa shape index (κ3) is 5.85. The number of nitrogens with one attached hydrogen (secondary N) is 1. The van der Waals surface area contributed by atoms with E-state index < -0.39 is 0 Å². The van der Waals surface area contributed by atoms with Crippen LogP contribution >= 0.6 is 0 Å². The highest BCUT2D eigenvalue weighted by Crippen LogP contribution is 2.14. The molecule has 2 rings (SSSR count). The van der Waals surface area contributed by atoms with Crippen LogP contribution in [0.25, 0.3) is 0 Å². The van der Waals surface area contributed by atoms with E-state index >= 15 is 0 Å². The first-order chi connectivity index (χ1) is 11.3. The Labute approximate surface area is 137 Å². The average Bonchev–Trinajstić information content (AvgIpc) is 2.62. The maximum atomic E-state index is 10.7. The molecule has 122 valence electrons. The van der Waals surface area contributed by atoms with E-state index in [9.17, 15) is 4.79 Å². The molecule has 4 nitrogen and oxygen atoms in total. The lowest BCUT2D eigenvalue weighted by Gasteiger charge is -2.25. The Morgan fingerprint density at radius 1 is 1.00 bits per heavy atom. The summed E-state index contributed by atoms with van der Waals surface area (Å²) in [4.78, 5) is 13.0. The van der Waals surface area contributed by atoms with Gasteiger partial charge < -0.3 is 15.3 Å². The first kappa shape index (κ1) is 17.2. The van der Waals surface area contributed by atoms with Crippen LogP contribution in [0.1, 0.15) is 22.3 Å². The molecule has 0 aromatic heterocycles.